The molecule has 3 aromatic rings. The minimum absolute atomic E-state index is 0.0526. The molecule has 0 fully saturated rings. The second-order valence-corrected chi connectivity index (χ2v) is 5.69. The van der Waals surface area contributed by atoms with Gasteiger partial charge >= 0.3 is 5.69 Å². The maximum atomic E-state index is 12.2. The van der Waals surface area contributed by atoms with Crippen LogP contribution in [0.2, 0.25) is 0 Å². The van der Waals surface area contributed by atoms with Gasteiger partial charge in [-0.15, -0.1) is 0 Å². The molecule has 9 heteroatoms. The van der Waals surface area contributed by atoms with Crippen LogP contribution in [-0.4, -0.2) is 42.9 Å². The third-order valence-electron chi connectivity index (χ3n) is 3.85. The van der Waals surface area contributed by atoms with E-state index in [0.29, 0.717) is 35.6 Å². The zero-order valence-corrected chi connectivity index (χ0v) is 13.7. The number of fused-ring (bicyclic) bond motifs is 1. The minimum atomic E-state index is -0.854. The normalized spacial score (nSPS) is 12.6. The van der Waals surface area contributed by atoms with Crippen LogP contribution < -0.4 is 16.7 Å². The zero-order valence-electron chi connectivity index (χ0n) is 13.7. The van der Waals surface area contributed by atoms with E-state index >= 15 is 0 Å². The van der Waals surface area contributed by atoms with Crippen molar-refractivity contribution in [3.8, 4) is 0 Å². The van der Waals surface area contributed by atoms with E-state index in [1.807, 2.05) is 12.1 Å². The number of nitrogens with zero attached hydrogens (tertiary/aromatic N) is 3. The van der Waals surface area contributed by atoms with Crippen molar-refractivity contribution in [2.24, 2.45) is 0 Å². The Bertz CT molecular complexity index is 931. The highest BCUT2D eigenvalue weighted by Crippen LogP contribution is 2.16. The van der Waals surface area contributed by atoms with Crippen LogP contribution in [0, 0.1) is 6.92 Å². The summed E-state index contributed by atoms with van der Waals surface area (Å²) in [6, 6.07) is 7.17. The Balaban J connectivity index is 1.87. The van der Waals surface area contributed by atoms with Gasteiger partial charge in [0.2, 0.25) is 0 Å². The van der Waals surface area contributed by atoms with Gasteiger partial charge in [0.05, 0.1) is 13.2 Å². The third-order valence-corrected chi connectivity index (χ3v) is 3.85. The van der Waals surface area contributed by atoms with Crippen molar-refractivity contribution in [2.45, 2.75) is 19.7 Å². The molecule has 0 bridgehead atoms. The first-order valence-corrected chi connectivity index (χ1v) is 7.83. The first-order valence-electron chi connectivity index (χ1n) is 7.83. The highest BCUT2D eigenvalue weighted by atomic mass is 16.3. The molecular weight excluding hydrogens is 324 g/mol. The van der Waals surface area contributed by atoms with Crippen molar-refractivity contribution < 1.29 is 10.2 Å². The second-order valence-electron chi connectivity index (χ2n) is 5.69. The molecule has 1 atom stereocenters. The molecule has 0 aliphatic heterocycles. The SMILES string of the molecule is Cc1nc(N)c2[nH]c(=O)n(Cc3ccc(C(O)NCCO)cc3)c2n1. The Morgan fingerprint density at radius 2 is 2.04 bits per heavy atom. The number of nitrogen functional groups attached to an aromatic ring is 1. The standard InChI is InChI=1S/C16H20N6O3/c1-9-19-13(17)12-14(20-9)22(16(25)21-12)8-10-2-4-11(5-3-10)15(24)18-6-7-23/h2-5,15,18,23-24H,6-8H2,1H3,(H,21,25)(H2,17,19,20). The quantitative estimate of drug-likeness (QED) is 0.384. The topological polar surface area (TPSA) is 142 Å². The number of aromatic amines is 1. The number of hydrogen-bond acceptors (Lipinski definition) is 7. The Morgan fingerprint density at radius 1 is 1.32 bits per heavy atom. The van der Waals surface area contributed by atoms with E-state index in [-0.39, 0.29) is 18.1 Å². The van der Waals surface area contributed by atoms with Gasteiger partial charge in [0.15, 0.2) is 11.5 Å². The molecule has 25 heavy (non-hydrogen) atoms. The Morgan fingerprint density at radius 3 is 2.72 bits per heavy atom. The van der Waals surface area contributed by atoms with Crippen molar-refractivity contribution in [2.75, 3.05) is 18.9 Å². The molecular formula is C16H20N6O3. The molecule has 6 N–H and O–H groups in total. The number of nitrogens with two attached hydrogens (primary N) is 1. The fourth-order valence-corrected chi connectivity index (χ4v) is 2.62. The molecule has 9 nitrogen and oxygen atoms in total. The number of aliphatic hydroxyl groups is 2. The lowest BCUT2D eigenvalue weighted by atomic mass is 10.1. The monoisotopic (exact) mass is 344 g/mol. The van der Waals surface area contributed by atoms with Gasteiger partial charge in [0.25, 0.3) is 0 Å². The molecule has 1 unspecified atom stereocenters. The average Bonchev–Trinajstić information content (AvgIpc) is 2.90. The van der Waals surface area contributed by atoms with Gasteiger partial charge in [0, 0.05) is 6.54 Å². The third kappa shape index (κ3) is 3.53. The van der Waals surface area contributed by atoms with E-state index in [1.54, 1.807) is 19.1 Å². The van der Waals surface area contributed by atoms with E-state index in [2.05, 4.69) is 20.3 Å². The Labute approximate surface area is 143 Å². The first-order chi connectivity index (χ1) is 12.0. The molecule has 132 valence electrons. The van der Waals surface area contributed by atoms with Gasteiger partial charge in [-0.05, 0) is 18.1 Å². The molecule has 3 rings (SSSR count). The van der Waals surface area contributed by atoms with Gasteiger partial charge in [-0.25, -0.2) is 14.8 Å². The fraction of sp³-hybridized carbons (Fsp3) is 0.312. The van der Waals surface area contributed by atoms with E-state index in [4.69, 9.17) is 10.8 Å². The zero-order chi connectivity index (χ0) is 18.0. The van der Waals surface area contributed by atoms with Crippen LogP contribution >= 0.6 is 0 Å². The number of benzene rings is 1. The number of nitrogens with one attached hydrogen (secondary N) is 2. The number of hydrogen-bond donors (Lipinski definition) is 5. The lowest BCUT2D eigenvalue weighted by Gasteiger charge is -2.13. The summed E-state index contributed by atoms with van der Waals surface area (Å²) in [7, 11) is 0. The van der Waals surface area contributed by atoms with Crippen molar-refractivity contribution in [3.63, 3.8) is 0 Å². The summed E-state index contributed by atoms with van der Waals surface area (Å²) < 4.78 is 1.50. The van der Waals surface area contributed by atoms with E-state index in [9.17, 15) is 9.90 Å². The molecule has 0 radical (unpaired) electrons. The van der Waals surface area contributed by atoms with Crippen molar-refractivity contribution in [1.29, 1.82) is 0 Å². The minimum Gasteiger partial charge on any atom is -0.395 e. The summed E-state index contributed by atoms with van der Waals surface area (Å²) in [5.41, 5.74) is 7.96. The fourth-order valence-electron chi connectivity index (χ4n) is 2.62. The van der Waals surface area contributed by atoms with Crippen LogP contribution in [0.15, 0.2) is 29.1 Å². The lowest BCUT2D eigenvalue weighted by molar-refractivity contribution is 0.129. The number of aryl methyl sites for hydroxylation is 1. The lowest BCUT2D eigenvalue weighted by Crippen LogP contribution is -2.24. The van der Waals surface area contributed by atoms with Gasteiger partial charge < -0.3 is 20.9 Å². The first kappa shape index (κ1) is 17.1. The predicted molar refractivity (Wildman–Crippen MR) is 92.9 cm³/mol. The molecule has 1 aromatic carbocycles. The van der Waals surface area contributed by atoms with E-state index < -0.39 is 6.23 Å². The number of aromatic nitrogens is 4. The second kappa shape index (κ2) is 7.01. The summed E-state index contributed by atoms with van der Waals surface area (Å²) in [5.74, 6) is 0.734. The van der Waals surface area contributed by atoms with Gasteiger partial charge in [0.1, 0.15) is 17.6 Å². The summed E-state index contributed by atoms with van der Waals surface area (Å²) in [6.07, 6.45) is -0.854. The summed E-state index contributed by atoms with van der Waals surface area (Å²) in [6.45, 7) is 2.28. The highest BCUT2D eigenvalue weighted by molar-refractivity contribution is 5.81. The number of H-pyrrole nitrogens is 1. The molecule has 0 spiro atoms. The Kier molecular flexibility index (Phi) is 4.79. The van der Waals surface area contributed by atoms with Gasteiger partial charge in [-0.3, -0.25) is 9.88 Å². The number of aliphatic hydroxyl groups excluding tert-OH is 2. The number of anilines is 1. The Hall–Kier alpha value is -2.75. The summed E-state index contributed by atoms with van der Waals surface area (Å²) in [5, 5.41) is 21.5. The average molecular weight is 344 g/mol. The van der Waals surface area contributed by atoms with Crippen molar-refractivity contribution >= 4 is 17.0 Å². The molecule has 0 saturated carbocycles. The van der Waals surface area contributed by atoms with E-state index in [0.717, 1.165) is 5.56 Å². The maximum absolute atomic E-state index is 12.2. The number of rotatable bonds is 6. The van der Waals surface area contributed by atoms with Crippen LogP contribution in [0.5, 0.6) is 0 Å². The summed E-state index contributed by atoms with van der Waals surface area (Å²) >= 11 is 0. The molecule has 0 aliphatic carbocycles. The van der Waals surface area contributed by atoms with Crippen LogP contribution in [-0.2, 0) is 6.54 Å². The molecule has 0 amide bonds. The van der Waals surface area contributed by atoms with Crippen LogP contribution in [0.1, 0.15) is 23.2 Å². The summed E-state index contributed by atoms with van der Waals surface area (Å²) in [4.78, 5) is 23.2. The predicted octanol–water partition coefficient (Wildman–Crippen LogP) is -0.369. The van der Waals surface area contributed by atoms with Crippen molar-refractivity contribution in [3.05, 3.63) is 51.7 Å². The largest absolute Gasteiger partial charge is 0.395 e. The van der Waals surface area contributed by atoms with Gasteiger partial charge in [-0.2, -0.15) is 0 Å². The highest BCUT2D eigenvalue weighted by Gasteiger charge is 2.13. The molecule has 0 saturated heterocycles. The van der Waals surface area contributed by atoms with Crippen molar-refractivity contribution in [1.82, 2.24) is 24.8 Å². The van der Waals surface area contributed by atoms with Crippen LogP contribution in [0.3, 0.4) is 0 Å². The molecule has 2 aromatic heterocycles. The van der Waals surface area contributed by atoms with Crippen LogP contribution in [0.4, 0.5) is 5.82 Å². The smallest absolute Gasteiger partial charge is 0.328 e. The van der Waals surface area contributed by atoms with Crippen LogP contribution in [0.25, 0.3) is 11.2 Å². The maximum Gasteiger partial charge on any atom is 0.328 e. The van der Waals surface area contributed by atoms with E-state index in [1.165, 1.54) is 4.57 Å². The molecule has 2 heterocycles. The van der Waals surface area contributed by atoms with Gasteiger partial charge in [-0.1, -0.05) is 24.3 Å². The number of imidazole rings is 1. The molecule has 0 aliphatic rings.